The second kappa shape index (κ2) is 9.50. The van der Waals surface area contributed by atoms with Gasteiger partial charge in [-0.25, -0.2) is 4.98 Å². The first kappa shape index (κ1) is 19.4. The molecule has 1 aromatic carbocycles. The van der Waals surface area contributed by atoms with E-state index in [9.17, 15) is 4.79 Å². The fourth-order valence-electron chi connectivity index (χ4n) is 2.85. The Kier molecular flexibility index (Phi) is 6.81. The number of hydrogen-bond donors (Lipinski definition) is 1. The van der Waals surface area contributed by atoms with E-state index < -0.39 is 0 Å². The van der Waals surface area contributed by atoms with Gasteiger partial charge in [0, 0.05) is 30.1 Å². The molecule has 6 nitrogen and oxygen atoms in total. The molecule has 1 aromatic heterocycles. The number of nitrogens with zero attached hydrogens (tertiary/aromatic N) is 1. The average molecular weight is 388 g/mol. The Bertz CT molecular complexity index is 778. The van der Waals surface area contributed by atoms with E-state index in [1.165, 1.54) is 0 Å². The van der Waals surface area contributed by atoms with E-state index >= 15 is 0 Å². The Hall–Kier alpha value is -2.41. The minimum atomic E-state index is -0.136. The normalized spacial score (nSPS) is 16.0. The number of amides is 1. The molecule has 0 bridgehead atoms. The largest absolute Gasteiger partial charge is 0.493 e. The summed E-state index contributed by atoms with van der Waals surface area (Å²) in [7, 11) is 3.22. The SMILES string of the molecule is COc1ccc(CCNC(=O)c2ccnc(O[C@H]3CCSC3)c2)cc1OC. The average Bonchev–Trinajstić information content (AvgIpc) is 3.21. The van der Waals surface area contributed by atoms with Crippen LogP contribution in [0.3, 0.4) is 0 Å². The van der Waals surface area contributed by atoms with Crippen molar-refractivity contribution in [2.24, 2.45) is 0 Å². The summed E-state index contributed by atoms with van der Waals surface area (Å²) in [6.07, 6.45) is 3.51. The van der Waals surface area contributed by atoms with Gasteiger partial charge in [0.25, 0.3) is 5.91 Å². The minimum absolute atomic E-state index is 0.136. The summed E-state index contributed by atoms with van der Waals surface area (Å²) in [6.45, 7) is 0.520. The topological polar surface area (TPSA) is 69.7 Å². The third-order valence-electron chi connectivity index (χ3n) is 4.32. The fraction of sp³-hybridized carbons (Fsp3) is 0.400. The van der Waals surface area contributed by atoms with Crippen molar-refractivity contribution in [3.05, 3.63) is 47.7 Å². The molecular formula is C20H24N2O4S. The summed E-state index contributed by atoms with van der Waals surface area (Å²) in [5, 5.41) is 2.94. The van der Waals surface area contributed by atoms with Crippen molar-refractivity contribution in [2.75, 3.05) is 32.3 Å². The number of benzene rings is 1. The number of hydrogen-bond acceptors (Lipinski definition) is 6. The van der Waals surface area contributed by atoms with E-state index in [4.69, 9.17) is 14.2 Å². The van der Waals surface area contributed by atoms with Gasteiger partial charge in [-0.3, -0.25) is 4.79 Å². The van der Waals surface area contributed by atoms with Gasteiger partial charge in [0.1, 0.15) is 6.10 Å². The van der Waals surface area contributed by atoms with Crippen molar-refractivity contribution in [3.8, 4) is 17.4 Å². The number of aromatic nitrogens is 1. The van der Waals surface area contributed by atoms with Crippen LogP contribution < -0.4 is 19.5 Å². The Balaban J connectivity index is 1.53. The van der Waals surface area contributed by atoms with E-state index in [1.807, 2.05) is 30.0 Å². The van der Waals surface area contributed by atoms with Gasteiger partial charge in [-0.05, 0) is 42.4 Å². The molecule has 0 spiro atoms. The molecule has 1 saturated heterocycles. The van der Waals surface area contributed by atoms with E-state index in [-0.39, 0.29) is 12.0 Å². The first-order chi connectivity index (χ1) is 13.2. The predicted molar refractivity (Wildman–Crippen MR) is 106 cm³/mol. The van der Waals surface area contributed by atoms with Crippen LogP contribution in [0.2, 0.25) is 0 Å². The molecule has 144 valence electrons. The van der Waals surface area contributed by atoms with Gasteiger partial charge in [0.2, 0.25) is 5.88 Å². The number of pyridine rings is 1. The molecule has 1 amide bonds. The third kappa shape index (κ3) is 5.29. The monoisotopic (exact) mass is 388 g/mol. The molecule has 27 heavy (non-hydrogen) atoms. The van der Waals surface area contributed by atoms with Crippen LogP contribution in [-0.4, -0.2) is 49.3 Å². The molecule has 0 aliphatic carbocycles. The van der Waals surface area contributed by atoms with Crippen molar-refractivity contribution in [1.82, 2.24) is 10.3 Å². The van der Waals surface area contributed by atoms with Crippen LogP contribution in [0.15, 0.2) is 36.5 Å². The zero-order chi connectivity index (χ0) is 19.1. The first-order valence-electron chi connectivity index (χ1n) is 8.89. The molecule has 0 saturated carbocycles. The van der Waals surface area contributed by atoms with Gasteiger partial charge in [-0.2, -0.15) is 11.8 Å². The van der Waals surface area contributed by atoms with Crippen LogP contribution in [0.1, 0.15) is 22.3 Å². The van der Waals surface area contributed by atoms with Crippen LogP contribution in [0.5, 0.6) is 17.4 Å². The van der Waals surface area contributed by atoms with Gasteiger partial charge >= 0.3 is 0 Å². The highest BCUT2D eigenvalue weighted by Crippen LogP contribution is 2.27. The molecule has 1 aliphatic heterocycles. The van der Waals surface area contributed by atoms with Crippen molar-refractivity contribution in [1.29, 1.82) is 0 Å². The Morgan fingerprint density at radius 2 is 2.07 bits per heavy atom. The molecule has 7 heteroatoms. The van der Waals surface area contributed by atoms with Gasteiger partial charge in [-0.15, -0.1) is 0 Å². The Morgan fingerprint density at radius 1 is 1.22 bits per heavy atom. The van der Waals surface area contributed by atoms with Crippen LogP contribution >= 0.6 is 11.8 Å². The molecule has 1 N–H and O–H groups in total. The molecule has 1 fully saturated rings. The van der Waals surface area contributed by atoms with Crippen LogP contribution in [-0.2, 0) is 6.42 Å². The molecule has 1 aliphatic rings. The quantitative estimate of drug-likeness (QED) is 0.750. The van der Waals surface area contributed by atoms with E-state index in [0.717, 1.165) is 23.5 Å². The predicted octanol–water partition coefficient (Wildman–Crippen LogP) is 2.96. The van der Waals surface area contributed by atoms with Crippen LogP contribution in [0.25, 0.3) is 0 Å². The molecule has 1 atom stereocenters. The van der Waals surface area contributed by atoms with Crippen LogP contribution in [0.4, 0.5) is 0 Å². The number of carbonyl (C=O) groups is 1. The summed E-state index contributed by atoms with van der Waals surface area (Å²) in [4.78, 5) is 16.6. The molecule has 2 aromatic rings. The minimum Gasteiger partial charge on any atom is -0.493 e. The van der Waals surface area contributed by atoms with Gasteiger partial charge in [0.15, 0.2) is 11.5 Å². The summed E-state index contributed by atoms with van der Waals surface area (Å²) < 4.78 is 16.4. The number of ether oxygens (including phenoxy) is 3. The van der Waals surface area contributed by atoms with Gasteiger partial charge in [-0.1, -0.05) is 6.07 Å². The maximum Gasteiger partial charge on any atom is 0.251 e. The zero-order valence-electron chi connectivity index (χ0n) is 15.6. The third-order valence-corrected chi connectivity index (χ3v) is 5.45. The van der Waals surface area contributed by atoms with Crippen molar-refractivity contribution in [2.45, 2.75) is 18.9 Å². The van der Waals surface area contributed by atoms with Crippen molar-refractivity contribution in [3.63, 3.8) is 0 Å². The lowest BCUT2D eigenvalue weighted by atomic mass is 10.1. The van der Waals surface area contributed by atoms with E-state index in [0.29, 0.717) is 35.9 Å². The summed E-state index contributed by atoms with van der Waals surface area (Å²) in [5.41, 5.74) is 1.61. The lowest BCUT2D eigenvalue weighted by molar-refractivity contribution is 0.0953. The molecule has 3 rings (SSSR count). The zero-order valence-corrected chi connectivity index (χ0v) is 16.4. The number of rotatable bonds is 8. The number of methoxy groups -OCH3 is 2. The van der Waals surface area contributed by atoms with E-state index in [2.05, 4.69) is 10.3 Å². The maximum atomic E-state index is 12.4. The van der Waals surface area contributed by atoms with Gasteiger partial charge < -0.3 is 19.5 Å². The van der Waals surface area contributed by atoms with E-state index in [1.54, 1.807) is 32.5 Å². The van der Waals surface area contributed by atoms with Gasteiger partial charge in [0.05, 0.1) is 14.2 Å². The highest BCUT2D eigenvalue weighted by molar-refractivity contribution is 7.99. The summed E-state index contributed by atoms with van der Waals surface area (Å²) in [5.74, 6) is 3.83. The molecular weight excluding hydrogens is 364 g/mol. The Labute approximate surface area is 163 Å². The highest BCUT2D eigenvalue weighted by atomic mass is 32.2. The van der Waals surface area contributed by atoms with Crippen molar-refractivity contribution >= 4 is 17.7 Å². The maximum absolute atomic E-state index is 12.4. The highest BCUT2D eigenvalue weighted by Gasteiger charge is 2.18. The fourth-order valence-corrected chi connectivity index (χ4v) is 3.94. The molecule has 0 radical (unpaired) electrons. The molecule has 2 heterocycles. The summed E-state index contributed by atoms with van der Waals surface area (Å²) in [6, 6.07) is 9.15. The number of carbonyl (C=O) groups excluding carboxylic acids is 1. The Morgan fingerprint density at radius 3 is 2.81 bits per heavy atom. The first-order valence-corrected chi connectivity index (χ1v) is 10.0. The summed E-state index contributed by atoms with van der Waals surface area (Å²) >= 11 is 1.88. The lowest BCUT2D eigenvalue weighted by Crippen LogP contribution is -2.26. The van der Waals surface area contributed by atoms with Crippen LogP contribution in [0, 0.1) is 0 Å². The smallest absolute Gasteiger partial charge is 0.251 e. The second-order valence-electron chi connectivity index (χ2n) is 6.18. The second-order valence-corrected chi connectivity index (χ2v) is 7.33. The molecule has 0 unspecified atom stereocenters. The number of nitrogens with one attached hydrogen (secondary N) is 1. The standard InChI is InChI=1S/C20H24N2O4S/c1-24-17-4-3-14(11-18(17)25-2)5-8-22-20(23)15-6-9-21-19(12-15)26-16-7-10-27-13-16/h3-4,6,9,11-12,16H,5,7-8,10,13H2,1-2H3,(H,22,23)/t16-/m0/s1. The number of thioether (sulfide) groups is 1. The van der Waals surface area contributed by atoms with Crippen molar-refractivity contribution < 1.29 is 19.0 Å². The lowest BCUT2D eigenvalue weighted by Gasteiger charge is -2.12.